The molecule has 0 fully saturated rings. The van der Waals surface area contributed by atoms with Crippen LogP contribution < -0.4 is 0 Å². The van der Waals surface area contributed by atoms with Gasteiger partial charge in [0.15, 0.2) is 9.84 Å². The summed E-state index contributed by atoms with van der Waals surface area (Å²) in [4.78, 5) is -0.159. The van der Waals surface area contributed by atoms with Crippen LogP contribution in [0.25, 0.3) is 0 Å². The van der Waals surface area contributed by atoms with Gasteiger partial charge in [-0.15, -0.1) is 0 Å². The zero-order valence-electron chi connectivity index (χ0n) is 9.24. The zero-order valence-corrected chi connectivity index (χ0v) is 10.1. The molecule has 98 valence electrons. The molecular formula is C11H10F3NO2S. The molecule has 0 N–H and O–H groups in total. The number of hydrogen-bond donors (Lipinski definition) is 0. The van der Waals surface area contributed by atoms with Crippen LogP contribution >= 0.6 is 0 Å². The first kappa shape index (κ1) is 14.5. The number of rotatable bonds is 4. The van der Waals surface area contributed by atoms with Crippen molar-refractivity contribution in [3.05, 3.63) is 29.8 Å². The lowest BCUT2D eigenvalue weighted by molar-refractivity contribution is -0.137. The number of nitriles is 1. The quantitative estimate of drug-likeness (QED) is 0.795. The van der Waals surface area contributed by atoms with E-state index in [2.05, 4.69) is 0 Å². The van der Waals surface area contributed by atoms with E-state index >= 15 is 0 Å². The summed E-state index contributed by atoms with van der Waals surface area (Å²) in [5.41, 5.74) is -0.890. The number of halogens is 3. The molecule has 0 spiro atoms. The summed E-state index contributed by atoms with van der Waals surface area (Å²) in [5, 5.41) is 8.29. The highest BCUT2D eigenvalue weighted by atomic mass is 32.2. The molecule has 0 unspecified atom stereocenters. The lowest BCUT2D eigenvalue weighted by atomic mass is 10.2. The van der Waals surface area contributed by atoms with Crippen LogP contribution in [0.15, 0.2) is 29.2 Å². The summed E-state index contributed by atoms with van der Waals surface area (Å²) in [5.74, 6) is -0.244. The lowest BCUT2D eigenvalue weighted by Crippen LogP contribution is -2.09. The van der Waals surface area contributed by atoms with Crippen molar-refractivity contribution in [2.45, 2.75) is 23.9 Å². The van der Waals surface area contributed by atoms with E-state index in [1.54, 1.807) is 0 Å². The van der Waals surface area contributed by atoms with E-state index in [0.717, 1.165) is 24.3 Å². The van der Waals surface area contributed by atoms with Crippen LogP contribution in [0.4, 0.5) is 13.2 Å². The highest BCUT2D eigenvalue weighted by molar-refractivity contribution is 7.91. The van der Waals surface area contributed by atoms with Crippen molar-refractivity contribution in [2.24, 2.45) is 0 Å². The van der Waals surface area contributed by atoms with Gasteiger partial charge in [-0.25, -0.2) is 8.42 Å². The summed E-state index contributed by atoms with van der Waals surface area (Å²) in [6, 6.07) is 5.14. The van der Waals surface area contributed by atoms with Gasteiger partial charge in [0.1, 0.15) is 0 Å². The predicted molar refractivity (Wildman–Crippen MR) is 58.3 cm³/mol. The van der Waals surface area contributed by atoms with Gasteiger partial charge in [0.05, 0.1) is 22.3 Å². The Kier molecular flexibility index (Phi) is 4.35. The smallest absolute Gasteiger partial charge is 0.224 e. The Morgan fingerprint density at radius 2 is 1.72 bits per heavy atom. The topological polar surface area (TPSA) is 57.9 Å². The summed E-state index contributed by atoms with van der Waals surface area (Å²) >= 11 is 0. The van der Waals surface area contributed by atoms with Crippen LogP contribution in [0.1, 0.15) is 18.4 Å². The highest BCUT2D eigenvalue weighted by Crippen LogP contribution is 2.29. The monoisotopic (exact) mass is 277 g/mol. The van der Waals surface area contributed by atoms with Gasteiger partial charge in [0, 0.05) is 6.42 Å². The molecular weight excluding hydrogens is 267 g/mol. The predicted octanol–water partition coefficient (Wildman–Crippen LogP) is 2.78. The van der Waals surface area contributed by atoms with Gasteiger partial charge in [-0.2, -0.15) is 18.4 Å². The van der Waals surface area contributed by atoms with E-state index in [1.807, 2.05) is 6.07 Å². The maximum absolute atomic E-state index is 12.3. The molecule has 0 saturated carbocycles. The lowest BCUT2D eigenvalue weighted by Gasteiger charge is -2.08. The number of unbranched alkanes of at least 4 members (excludes halogenated alkanes) is 1. The van der Waals surface area contributed by atoms with E-state index in [9.17, 15) is 21.6 Å². The summed E-state index contributed by atoms with van der Waals surface area (Å²) in [6.07, 6.45) is -4.22. The molecule has 0 heterocycles. The molecule has 0 bridgehead atoms. The fraction of sp³-hybridized carbons (Fsp3) is 0.364. The van der Waals surface area contributed by atoms with Gasteiger partial charge in [0.25, 0.3) is 0 Å². The Morgan fingerprint density at radius 3 is 2.17 bits per heavy atom. The normalized spacial score (nSPS) is 12.1. The van der Waals surface area contributed by atoms with Crippen LogP contribution in [-0.2, 0) is 16.0 Å². The van der Waals surface area contributed by atoms with Gasteiger partial charge in [-0.05, 0) is 30.7 Å². The molecule has 3 nitrogen and oxygen atoms in total. The van der Waals surface area contributed by atoms with Gasteiger partial charge in [-0.1, -0.05) is 0 Å². The van der Waals surface area contributed by atoms with Crippen molar-refractivity contribution in [1.82, 2.24) is 0 Å². The SMILES string of the molecule is N#CCCCS(=O)(=O)c1ccc(C(F)(F)F)cc1. The second-order valence-corrected chi connectivity index (χ2v) is 5.71. The number of hydrogen-bond acceptors (Lipinski definition) is 3. The standard InChI is InChI=1S/C11H10F3NO2S/c12-11(13,14)9-3-5-10(6-4-9)18(16,17)8-2-1-7-15/h3-6H,1-2,8H2. The number of benzene rings is 1. The Bertz CT molecular complexity index is 541. The Balaban J connectivity index is 2.89. The van der Waals surface area contributed by atoms with Crippen molar-refractivity contribution in [3.63, 3.8) is 0 Å². The Morgan fingerprint density at radius 1 is 1.17 bits per heavy atom. The van der Waals surface area contributed by atoms with Gasteiger partial charge in [-0.3, -0.25) is 0 Å². The minimum atomic E-state index is -4.48. The van der Waals surface area contributed by atoms with E-state index in [1.165, 1.54) is 0 Å². The molecule has 0 atom stereocenters. The highest BCUT2D eigenvalue weighted by Gasteiger charge is 2.30. The zero-order chi connectivity index (χ0) is 13.8. The second kappa shape index (κ2) is 5.40. The second-order valence-electron chi connectivity index (χ2n) is 3.60. The first-order chi connectivity index (χ1) is 8.27. The maximum atomic E-state index is 12.3. The third-order valence-corrected chi connectivity index (χ3v) is 4.06. The fourth-order valence-electron chi connectivity index (χ4n) is 1.31. The van der Waals surface area contributed by atoms with E-state index in [0.29, 0.717) is 0 Å². The molecule has 1 rings (SSSR count). The average molecular weight is 277 g/mol. The number of nitrogens with zero attached hydrogens (tertiary/aromatic N) is 1. The van der Waals surface area contributed by atoms with Crippen LogP contribution in [-0.4, -0.2) is 14.2 Å². The Hall–Kier alpha value is -1.55. The molecule has 0 saturated heterocycles. The molecule has 0 aliphatic rings. The fourth-order valence-corrected chi connectivity index (χ4v) is 2.62. The minimum absolute atomic E-state index is 0.0971. The van der Waals surface area contributed by atoms with Crippen molar-refractivity contribution in [3.8, 4) is 6.07 Å². The largest absolute Gasteiger partial charge is 0.416 e. The molecule has 0 aromatic heterocycles. The third kappa shape index (κ3) is 3.74. The van der Waals surface area contributed by atoms with E-state index in [4.69, 9.17) is 5.26 Å². The molecule has 7 heteroatoms. The molecule has 0 amide bonds. The summed E-state index contributed by atoms with van der Waals surface area (Å²) in [6.45, 7) is 0. The first-order valence-corrected chi connectivity index (χ1v) is 6.69. The molecule has 18 heavy (non-hydrogen) atoms. The van der Waals surface area contributed by atoms with Gasteiger partial charge < -0.3 is 0 Å². The third-order valence-electron chi connectivity index (χ3n) is 2.24. The van der Waals surface area contributed by atoms with Gasteiger partial charge in [0.2, 0.25) is 0 Å². The van der Waals surface area contributed by atoms with Crippen molar-refractivity contribution in [1.29, 1.82) is 5.26 Å². The molecule has 0 radical (unpaired) electrons. The number of sulfone groups is 1. The van der Waals surface area contributed by atoms with E-state index < -0.39 is 21.6 Å². The molecule has 1 aromatic carbocycles. The number of alkyl halides is 3. The van der Waals surface area contributed by atoms with Crippen LogP contribution in [0.2, 0.25) is 0 Å². The first-order valence-electron chi connectivity index (χ1n) is 5.04. The average Bonchev–Trinajstić information content (AvgIpc) is 2.28. The molecule has 0 aliphatic heterocycles. The van der Waals surface area contributed by atoms with Crippen LogP contribution in [0.3, 0.4) is 0 Å². The van der Waals surface area contributed by atoms with Crippen molar-refractivity contribution < 1.29 is 21.6 Å². The van der Waals surface area contributed by atoms with Crippen LogP contribution in [0, 0.1) is 11.3 Å². The minimum Gasteiger partial charge on any atom is -0.224 e. The maximum Gasteiger partial charge on any atom is 0.416 e. The van der Waals surface area contributed by atoms with E-state index in [-0.39, 0.29) is 23.5 Å². The molecule has 1 aromatic rings. The van der Waals surface area contributed by atoms with Crippen molar-refractivity contribution >= 4 is 9.84 Å². The summed E-state index contributed by atoms with van der Waals surface area (Å²) in [7, 11) is -3.61. The van der Waals surface area contributed by atoms with Crippen molar-refractivity contribution in [2.75, 3.05) is 5.75 Å². The molecule has 0 aliphatic carbocycles. The van der Waals surface area contributed by atoms with Gasteiger partial charge >= 0.3 is 6.18 Å². The Labute approximate surface area is 103 Å². The van der Waals surface area contributed by atoms with Crippen LogP contribution in [0.5, 0.6) is 0 Å². The summed E-state index contributed by atoms with van der Waals surface area (Å²) < 4.78 is 60.2.